The van der Waals surface area contributed by atoms with Gasteiger partial charge in [-0.1, -0.05) is 19.1 Å². The van der Waals surface area contributed by atoms with Crippen LogP contribution < -0.4 is 15.8 Å². The number of carbonyl (C=O) groups is 1. The summed E-state index contributed by atoms with van der Waals surface area (Å²) in [6.07, 6.45) is 1.60. The van der Waals surface area contributed by atoms with Crippen molar-refractivity contribution in [3.8, 4) is 5.75 Å². The SMILES string of the molecule is CCCNC(=O)C(CN)Cc1ccc(OC)cc1. The van der Waals surface area contributed by atoms with E-state index in [1.54, 1.807) is 7.11 Å². The van der Waals surface area contributed by atoms with Crippen molar-refractivity contribution in [3.63, 3.8) is 0 Å². The molecule has 0 bridgehead atoms. The Morgan fingerprint density at radius 1 is 1.39 bits per heavy atom. The Balaban J connectivity index is 2.58. The summed E-state index contributed by atoms with van der Waals surface area (Å²) in [6, 6.07) is 7.73. The third kappa shape index (κ3) is 4.37. The predicted molar refractivity (Wildman–Crippen MR) is 72.5 cm³/mol. The number of methoxy groups -OCH3 is 1. The molecule has 0 spiro atoms. The average Bonchev–Trinajstić information content (AvgIpc) is 2.42. The quantitative estimate of drug-likeness (QED) is 0.767. The normalized spacial score (nSPS) is 11.9. The average molecular weight is 250 g/mol. The van der Waals surface area contributed by atoms with Gasteiger partial charge in [-0.2, -0.15) is 0 Å². The van der Waals surface area contributed by atoms with Crippen molar-refractivity contribution in [2.24, 2.45) is 11.7 Å². The minimum absolute atomic E-state index is 0.0372. The molecule has 1 aromatic rings. The zero-order valence-electron chi connectivity index (χ0n) is 11.1. The molecule has 100 valence electrons. The third-order valence-corrected chi connectivity index (χ3v) is 2.85. The van der Waals surface area contributed by atoms with E-state index in [0.717, 1.165) is 17.7 Å². The molecule has 0 aliphatic rings. The molecule has 0 saturated heterocycles. The minimum Gasteiger partial charge on any atom is -0.497 e. The van der Waals surface area contributed by atoms with Gasteiger partial charge in [-0.25, -0.2) is 0 Å². The van der Waals surface area contributed by atoms with E-state index in [4.69, 9.17) is 10.5 Å². The zero-order chi connectivity index (χ0) is 13.4. The largest absolute Gasteiger partial charge is 0.497 e. The van der Waals surface area contributed by atoms with Crippen LogP contribution in [0.2, 0.25) is 0 Å². The summed E-state index contributed by atoms with van der Waals surface area (Å²) < 4.78 is 5.10. The van der Waals surface area contributed by atoms with Gasteiger partial charge in [0, 0.05) is 13.1 Å². The first-order valence-electron chi connectivity index (χ1n) is 6.32. The maximum Gasteiger partial charge on any atom is 0.224 e. The van der Waals surface area contributed by atoms with Crippen LogP contribution in [-0.2, 0) is 11.2 Å². The smallest absolute Gasteiger partial charge is 0.224 e. The molecule has 4 heteroatoms. The Kier molecular flexibility index (Phi) is 6.22. The van der Waals surface area contributed by atoms with Gasteiger partial charge < -0.3 is 15.8 Å². The molecule has 0 aliphatic heterocycles. The fraction of sp³-hybridized carbons (Fsp3) is 0.500. The Bertz CT molecular complexity index is 363. The highest BCUT2D eigenvalue weighted by atomic mass is 16.5. The lowest BCUT2D eigenvalue weighted by Crippen LogP contribution is -2.36. The molecule has 1 amide bonds. The molecule has 1 rings (SSSR count). The maximum absolute atomic E-state index is 11.8. The van der Waals surface area contributed by atoms with Crippen LogP contribution in [-0.4, -0.2) is 26.1 Å². The van der Waals surface area contributed by atoms with E-state index in [1.807, 2.05) is 31.2 Å². The highest BCUT2D eigenvalue weighted by Gasteiger charge is 2.16. The number of hydrogen-bond acceptors (Lipinski definition) is 3. The summed E-state index contributed by atoms with van der Waals surface area (Å²) in [6.45, 7) is 3.10. The van der Waals surface area contributed by atoms with Crippen molar-refractivity contribution in [1.82, 2.24) is 5.32 Å². The molecule has 4 nitrogen and oxygen atoms in total. The summed E-state index contributed by atoms with van der Waals surface area (Å²) >= 11 is 0. The van der Waals surface area contributed by atoms with Crippen molar-refractivity contribution in [2.75, 3.05) is 20.2 Å². The van der Waals surface area contributed by atoms with Gasteiger partial charge in [0.2, 0.25) is 5.91 Å². The summed E-state index contributed by atoms with van der Waals surface area (Å²) in [5.41, 5.74) is 6.76. The fourth-order valence-electron chi connectivity index (χ4n) is 1.72. The van der Waals surface area contributed by atoms with Gasteiger partial charge in [0.15, 0.2) is 0 Å². The van der Waals surface area contributed by atoms with Crippen LogP contribution in [0.15, 0.2) is 24.3 Å². The van der Waals surface area contributed by atoms with E-state index in [2.05, 4.69) is 5.32 Å². The highest BCUT2D eigenvalue weighted by Crippen LogP contribution is 2.14. The van der Waals surface area contributed by atoms with Crippen LogP contribution in [0.1, 0.15) is 18.9 Å². The van der Waals surface area contributed by atoms with Gasteiger partial charge in [0.05, 0.1) is 13.0 Å². The van der Waals surface area contributed by atoms with Crippen LogP contribution in [0.4, 0.5) is 0 Å². The molecule has 0 saturated carbocycles. The topological polar surface area (TPSA) is 64.4 Å². The van der Waals surface area contributed by atoms with E-state index in [0.29, 0.717) is 19.5 Å². The van der Waals surface area contributed by atoms with Crippen LogP contribution in [0.25, 0.3) is 0 Å². The standard InChI is InChI=1S/C14H22N2O2/c1-3-8-16-14(17)12(10-15)9-11-4-6-13(18-2)7-5-11/h4-7,12H,3,8-10,15H2,1-2H3,(H,16,17). The summed E-state index contributed by atoms with van der Waals surface area (Å²) in [5.74, 6) is 0.693. The van der Waals surface area contributed by atoms with E-state index in [1.165, 1.54) is 0 Å². The molecule has 3 N–H and O–H groups in total. The molecular formula is C14H22N2O2. The van der Waals surface area contributed by atoms with Gasteiger partial charge in [0.25, 0.3) is 0 Å². The number of hydrogen-bond donors (Lipinski definition) is 2. The number of benzene rings is 1. The van der Waals surface area contributed by atoms with Crippen LogP contribution in [0.3, 0.4) is 0 Å². The Morgan fingerprint density at radius 2 is 2.06 bits per heavy atom. The molecular weight excluding hydrogens is 228 g/mol. The lowest BCUT2D eigenvalue weighted by molar-refractivity contribution is -0.124. The Morgan fingerprint density at radius 3 is 2.56 bits per heavy atom. The predicted octanol–water partition coefficient (Wildman–Crippen LogP) is 1.34. The number of carbonyl (C=O) groups excluding carboxylic acids is 1. The third-order valence-electron chi connectivity index (χ3n) is 2.85. The summed E-state index contributed by atoms with van der Waals surface area (Å²) in [4.78, 5) is 11.8. The lowest BCUT2D eigenvalue weighted by atomic mass is 9.98. The van der Waals surface area contributed by atoms with Crippen molar-refractivity contribution < 1.29 is 9.53 Å². The van der Waals surface area contributed by atoms with Crippen LogP contribution in [0.5, 0.6) is 5.75 Å². The monoisotopic (exact) mass is 250 g/mol. The van der Waals surface area contributed by atoms with Gasteiger partial charge in [-0.3, -0.25) is 4.79 Å². The van der Waals surface area contributed by atoms with Gasteiger partial charge >= 0.3 is 0 Å². The molecule has 0 heterocycles. The number of nitrogens with one attached hydrogen (secondary N) is 1. The first-order chi connectivity index (χ1) is 8.71. The Hall–Kier alpha value is -1.55. The highest BCUT2D eigenvalue weighted by molar-refractivity contribution is 5.79. The van der Waals surface area contributed by atoms with Crippen molar-refractivity contribution in [3.05, 3.63) is 29.8 Å². The van der Waals surface area contributed by atoms with E-state index < -0.39 is 0 Å². The minimum atomic E-state index is -0.162. The van der Waals surface area contributed by atoms with Crippen molar-refractivity contribution >= 4 is 5.91 Å². The summed E-state index contributed by atoms with van der Waals surface area (Å²) in [7, 11) is 1.63. The second kappa shape index (κ2) is 7.71. The second-order valence-electron chi connectivity index (χ2n) is 4.28. The maximum atomic E-state index is 11.8. The number of ether oxygens (including phenoxy) is 1. The van der Waals surface area contributed by atoms with Crippen LogP contribution >= 0.6 is 0 Å². The first-order valence-corrected chi connectivity index (χ1v) is 6.32. The number of amides is 1. The van der Waals surface area contributed by atoms with E-state index in [9.17, 15) is 4.79 Å². The molecule has 18 heavy (non-hydrogen) atoms. The molecule has 0 radical (unpaired) electrons. The molecule has 0 fully saturated rings. The zero-order valence-corrected chi connectivity index (χ0v) is 11.1. The molecule has 1 aromatic carbocycles. The first kappa shape index (κ1) is 14.5. The van der Waals surface area contributed by atoms with Gasteiger partial charge in [-0.15, -0.1) is 0 Å². The molecule has 0 aliphatic carbocycles. The van der Waals surface area contributed by atoms with Gasteiger partial charge in [-0.05, 0) is 30.5 Å². The van der Waals surface area contributed by atoms with Crippen molar-refractivity contribution in [1.29, 1.82) is 0 Å². The van der Waals surface area contributed by atoms with Crippen LogP contribution in [0, 0.1) is 5.92 Å². The summed E-state index contributed by atoms with van der Waals surface area (Å²) in [5, 5.41) is 2.88. The van der Waals surface area contributed by atoms with E-state index in [-0.39, 0.29) is 11.8 Å². The lowest BCUT2D eigenvalue weighted by Gasteiger charge is -2.14. The molecule has 1 unspecified atom stereocenters. The van der Waals surface area contributed by atoms with Crippen molar-refractivity contribution in [2.45, 2.75) is 19.8 Å². The fourth-order valence-corrected chi connectivity index (χ4v) is 1.72. The number of rotatable bonds is 7. The Labute approximate surface area is 109 Å². The molecule has 0 aromatic heterocycles. The second-order valence-corrected chi connectivity index (χ2v) is 4.28. The number of nitrogens with two attached hydrogens (primary N) is 1. The van der Waals surface area contributed by atoms with E-state index >= 15 is 0 Å². The van der Waals surface area contributed by atoms with Gasteiger partial charge in [0.1, 0.15) is 5.75 Å². The molecule has 1 atom stereocenters.